The number of hydrogen-bond donors (Lipinski definition) is 1. The van der Waals surface area contributed by atoms with E-state index in [0.717, 1.165) is 19.3 Å². The Morgan fingerprint density at radius 2 is 2.24 bits per heavy atom. The van der Waals surface area contributed by atoms with Crippen LogP contribution in [0.15, 0.2) is 30.5 Å². The molecule has 0 unspecified atom stereocenters. The van der Waals surface area contributed by atoms with E-state index in [-0.39, 0.29) is 16.2 Å². The third-order valence-electron chi connectivity index (χ3n) is 4.24. The first kappa shape index (κ1) is 13.8. The standard InChI is InChI=1S/C15H17N3O3/c1-21-15(7-3-8-15)10-17-13-6-5-12-11(4-2-9-16-12)14(13)18(19)20/h2,4-6,9,17H,3,7-8,10H2,1H3. The first-order valence-corrected chi connectivity index (χ1v) is 6.96. The maximum absolute atomic E-state index is 11.4. The minimum Gasteiger partial charge on any atom is -0.377 e. The highest BCUT2D eigenvalue weighted by Crippen LogP contribution is 2.37. The number of methoxy groups -OCH3 is 1. The topological polar surface area (TPSA) is 77.3 Å². The number of nitrogens with one attached hydrogen (secondary N) is 1. The molecule has 1 saturated carbocycles. The van der Waals surface area contributed by atoms with Gasteiger partial charge in [0.2, 0.25) is 0 Å². The first-order valence-electron chi connectivity index (χ1n) is 6.96. The van der Waals surface area contributed by atoms with Gasteiger partial charge in [0, 0.05) is 19.9 Å². The average molecular weight is 287 g/mol. The van der Waals surface area contributed by atoms with Crippen molar-refractivity contribution in [2.45, 2.75) is 24.9 Å². The van der Waals surface area contributed by atoms with Crippen LogP contribution in [0.3, 0.4) is 0 Å². The van der Waals surface area contributed by atoms with Crippen LogP contribution in [0.5, 0.6) is 0 Å². The Balaban J connectivity index is 1.94. The van der Waals surface area contributed by atoms with Gasteiger partial charge >= 0.3 is 5.69 Å². The van der Waals surface area contributed by atoms with E-state index in [1.807, 2.05) is 0 Å². The van der Waals surface area contributed by atoms with E-state index in [1.165, 1.54) is 0 Å². The Morgan fingerprint density at radius 1 is 1.43 bits per heavy atom. The molecule has 110 valence electrons. The van der Waals surface area contributed by atoms with E-state index in [2.05, 4.69) is 10.3 Å². The summed E-state index contributed by atoms with van der Waals surface area (Å²) in [6.45, 7) is 0.579. The van der Waals surface area contributed by atoms with E-state index in [1.54, 1.807) is 37.6 Å². The Morgan fingerprint density at radius 3 is 2.86 bits per heavy atom. The summed E-state index contributed by atoms with van der Waals surface area (Å²) in [5.41, 5.74) is 1.03. The zero-order chi connectivity index (χ0) is 14.9. The lowest BCUT2D eigenvalue weighted by molar-refractivity contribution is -0.382. The highest BCUT2D eigenvalue weighted by Gasteiger charge is 2.37. The molecular formula is C15H17N3O3. The molecule has 3 rings (SSSR count). The third kappa shape index (κ3) is 2.42. The van der Waals surface area contributed by atoms with Crippen LogP contribution in [0, 0.1) is 10.1 Å². The fourth-order valence-corrected chi connectivity index (χ4v) is 2.76. The summed E-state index contributed by atoms with van der Waals surface area (Å²) in [4.78, 5) is 15.2. The van der Waals surface area contributed by atoms with E-state index in [4.69, 9.17) is 4.74 Å². The van der Waals surface area contributed by atoms with Crippen molar-refractivity contribution < 1.29 is 9.66 Å². The molecule has 1 aliphatic rings. The number of hydrogen-bond acceptors (Lipinski definition) is 5. The summed E-state index contributed by atoms with van der Waals surface area (Å²) < 4.78 is 5.54. The zero-order valence-electron chi connectivity index (χ0n) is 11.8. The zero-order valence-corrected chi connectivity index (χ0v) is 11.8. The van der Waals surface area contributed by atoms with Gasteiger partial charge in [0.05, 0.1) is 21.4 Å². The molecule has 1 aromatic carbocycles. The molecule has 1 aliphatic carbocycles. The molecule has 0 saturated heterocycles. The normalized spacial score (nSPS) is 16.4. The summed E-state index contributed by atoms with van der Waals surface area (Å²) in [6.07, 6.45) is 4.74. The summed E-state index contributed by atoms with van der Waals surface area (Å²) in [5, 5.41) is 15.2. The largest absolute Gasteiger partial charge is 0.377 e. The molecule has 2 aromatic rings. The molecule has 6 heteroatoms. The van der Waals surface area contributed by atoms with Crippen LogP contribution in [0.25, 0.3) is 10.9 Å². The molecule has 1 heterocycles. The van der Waals surface area contributed by atoms with Gasteiger partial charge in [0.15, 0.2) is 0 Å². The quantitative estimate of drug-likeness (QED) is 0.675. The van der Waals surface area contributed by atoms with Crippen LogP contribution in [-0.4, -0.2) is 29.2 Å². The molecule has 0 amide bonds. The van der Waals surface area contributed by atoms with Crippen molar-refractivity contribution in [3.63, 3.8) is 0 Å². The summed E-state index contributed by atoms with van der Waals surface area (Å²) in [5.74, 6) is 0. The number of rotatable bonds is 5. The molecule has 6 nitrogen and oxygen atoms in total. The lowest BCUT2D eigenvalue weighted by atomic mass is 9.80. The van der Waals surface area contributed by atoms with Crippen LogP contribution < -0.4 is 5.32 Å². The maximum atomic E-state index is 11.4. The number of benzene rings is 1. The molecule has 0 atom stereocenters. The van der Waals surface area contributed by atoms with Crippen LogP contribution in [0.2, 0.25) is 0 Å². The molecule has 0 bridgehead atoms. The van der Waals surface area contributed by atoms with Crippen LogP contribution in [0.4, 0.5) is 11.4 Å². The van der Waals surface area contributed by atoms with Crippen LogP contribution in [-0.2, 0) is 4.74 Å². The SMILES string of the molecule is COC1(CNc2ccc3ncccc3c2[N+](=O)[O-])CCC1. The highest BCUT2D eigenvalue weighted by molar-refractivity contribution is 5.94. The Labute approximate surface area is 122 Å². The first-order chi connectivity index (χ1) is 10.2. The molecule has 0 radical (unpaired) electrons. The molecule has 1 N–H and O–H groups in total. The second-order valence-corrected chi connectivity index (χ2v) is 5.38. The maximum Gasteiger partial charge on any atom is 0.301 e. The van der Waals surface area contributed by atoms with Gasteiger partial charge in [-0.05, 0) is 43.5 Å². The number of anilines is 1. The van der Waals surface area contributed by atoms with Crippen molar-refractivity contribution in [2.75, 3.05) is 19.0 Å². The summed E-state index contributed by atoms with van der Waals surface area (Å²) in [6, 6.07) is 6.95. The number of nitro groups is 1. The van der Waals surface area contributed by atoms with Gasteiger partial charge in [-0.1, -0.05) is 0 Å². The lowest BCUT2D eigenvalue weighted by Gasteiger charge is -2.40. The summed E-state index contributed by atoms with van der Waals surface area (Å²) >= 11 is 0. The minimum absolute atomic E-state index is 0.0752. The van der Waals surface area contributed by atoms with Gasteiger partial charge in [-0.15, -0.1) is 0 Å². The van der Waals surface area contributed by atoms with Crippen LogP contribution in [0.1, 0.15) is 19.3 Å². The third-order valence-corrected chi connectivity index (χ3v) is 4.24. The minimum atomic E-state index is -0.355. The fraction of sp³-hybridized carbons (Fsp3) is 0.400. The molecule has 1 fully saturated rings. The number of pyridine rings is 1. The fourth-order valence-electron chi connectivity index (χ4n) is 2.76. The Bertz CT molecular complexity index is 677. The van der Waals surface area contributed by atoms with E-state index in [9.17, 15) is 10.1 Å². The van der Waals surface area contributed by atoms with E-state index < -0.39 is 0 Å². The molecule has 1 aromatic heterocycles. The number of nitrogens with zero attached hydrogens (tertiary/aromatic N) is 2. The number of nitro benzene ring substituents is 1. The lowest BCUT2D eigenvalue weighted by Crippen LogP contribution is -2.45. The highest BCUT2D eigenvalue weighted by atomic mass is 16.6. The average Bonchev–Trinajstić information content (AvgIpc) is 2.45. The van der Waals surface area contributed by atoms with Crippen molar-refractivity contribution in [3.05, 3.63) is 40.6 Å². The van der Waals surface area contributed by atoms with Crippen molar-refractivity contribution in [1.29, 1.82) is 0 Å². The summed E-state index contributed by atoms with van der Waals surface area (Å²) in [7, 11) is 1.69. The van der Waals surface area contributed by atoms with Gasteiger partial charge in [0.25, 0.3) is 0 Å². The Kier molecular flexibility index (Phi) is 3.47. The van der Waals surface area contributed by atoms with Gasteiger partial charge in [-0.2, -0.15) is 0 Å². The van der Waals surface area contributed by atoms with Crippen molar-refractivity contribution >= 4 is 22.3 Å². The second-order valence-electron chi connectivity index (χ2n) is 5.38. The van der Waals surface area contributed by atoms with Gasteiger partial charge in [-0.3, -0.25) is 15.1 Å². The van der Waals surface area contributed by atoms with Crippen molar-refractivity contribution in [3.8, 4) is 0 Å². The monoisotopic (exact) mass is 287 g/mol. The van der Waals surface area contributed by atoms with Gasteiger partial charge in [-0.25, -0.2) is 0 Å². The molecule has 21 heavy (non-hydrogen) atoms. The van der Waals surface area contributed by atoms with Crippen molar-refractivity contribution in [2.24, 2.45) is 0 Å². The number of ether oxygens (including phenoxy) is 1. The smallest absolute Gasteiger partial charge is 0.301 e. The van der Waals surface area contributed by atoms with E-state index in [0.29, 0.717) is 23.1 Å². The molecular weight excluding hydrogens is 270 g/mol. The predicted octanol–water partition coefficient (Wildman–Crippen LogP) is 3.12. The molecule has 0 spiro atoms. The van der Waals surface area contributed by atoms with Crippen molar-refractivity contribution in [1.82, 2.24) is 4.98 Å². The predicted molar refractivity (Wildman–Crippen MR) is 80.5 cm³/mol. The second kappa shape index (κ2) is 5.29. The van der Waals surface area contributed by atoms with Gasteiger partial charge < -0.3 is 10.1 Å². The van der Waals surface area contributed by atoms with Gasteiger partial charge in [0.1, 0.15) is 5.69 Å². The number of aromatic nitrogens is 1. The van der Waals surface area contributed by atoms with Crippen LogP contribution >= 0.6 is 0 Å². The molecule has 0 aliphatic heterocycles. The van der Waals surface area contributed by atoms with E-state index >= 15 is 0 Å². The number of fused-ring (bicyclic) bond motifs is 1. The Hall–Kier alpha value is -2.21.